The van der Waals surface area contributed by atoms with Crippen molar-refractivity contribution in [1.82, 2.24) is 14.9 Å². The first-order valence-electron chi connectivity index (χ1n) is 8.91. The van der Waals surface area contributed by atoms with E-state index in [4.69, 9.17) is 11.6 Å². The lowest BCUT2D eigenvalue weighted by Gasteiger charge is -2.20. The summed E-state index contributed by atoms with van der Waals surface area (Å²) in [7, 11) is 0. The topological polar surface area (TPSA) is 76.0 Å². The Labute approximate surface area is 168 Å². The zero-order chi connectivity index (χ0) is 19.9. The van der Waals surface area contributed by atoms with Crippen LogP contribution in [0.25, 0.3) is 0 Å². The van der Waals surface area contributed by atoms with Gasteiger partial charge in [0.15, 0.2) is 0 Å². The lowest BCUT2D eigenvalue weighted by Crippen LogP contribution is -2.29. The molecule has 0 saturated carbocycles. The molecule has 1 aromatic heterocycles. The summed E-state index contributed by atoms with van der Waals surface area (Å²) < 4.78 is 1.96. The predicted molar refractivity (Wildman–Crippen MR) is 109 cm³/mol. The number of nitrogens with one attached hydrogen (secondary N) is 2. The highest BCUT2D eigenvalue weighted by molar-refractivity contribution is 6.34. The number of rotatable bonds is 7. The van der Waals surface area contributed by atoms with Crippen LogP contribution in [0.1, 0.15) is 35.3 Å². The Morgan fingerprint density at radius 2 is 1.96 bits per heavy atom. The Morgan fingerprint density at radius 3 is 2.64 bits per heavy atom. The lowest BCUT2D eigenvalue weighted by molar-refractivity contribution is -0.114. The third-order valence-corrected chi connectivity index (χ3v) is 4.60. The predicted octanol–water partition coefficient (Wildman–Crippen LogP) is 4.06. The summed E-state index contributed by atoms with van der Waals surface area (Å²) in [6.45, 7) is 2.12. The SMILES string of the molecule is CC(=O)Nc1ccc(Cl)c(C(=O)N[C@H](CCn2ccnc2)c2ccccc2)c1. The van der Waals surface area contributed by atoms with E-state index >= 15 is 0 Å². The molecule has 0 aliphatic rings. The number of hydrogen-bond acceptors (Lipinski definition) is 3. The van der Waals surface area contributed by atoms with Gasteiger partial charge in [0.25, 0.3) is 5.91 Å². The zero-order valence-electron chi connectivity index (χ0n) is 15.4. The summed E-state index contributed by atoms with van der Waals surface area (Å²) in [6.07, 6.45) is 6.05. The molecule has 28 heavy (non-hydrogen) atoms. The minimum Gasteiger partial charge on any atom is -0.345 e. The van der Waals surface area contributed by atoms with Crippen LogP contribution >= 0.6 is 11.6 Å². The van der Waals surface area contributed by atoms with Crippen molar-refractivity contribution in [2.24, 2.45) is 0 Å². The molecule has 0 aliphatic carbocycles. The van der Waals surface area contributed by atoms with Gasteiger partial charge in [-0.2, -0.15) is 0 Å². The number of carbonyl (C=O) groups is 2. The molecule has 144 valence electrons. The summed E-state index contributed by atoms with van der Waals surface area (Å²) in [6, 6.07) is 14.4. The molecule has 3 aromatic rings. The third kappa shape index (κ3) is 5.20. The molecule has 0 unspecified atom stereocenters. The van der Waals surface area contributed by atoms with Crippen LogP contribution in [0.5, 0.6) is 0 Å². The molecule has 6 nitrogen and oxygen atoms in total. The number of imidazole rings is 1. The number of aromatic nitrogens is 2. The Balaban J connectivity index is 1.79. The Bertz CT molecular complexity index is 942. The number of carbonyl (C=O) groups excluding carboxylic acids is 2. The summed E-state index contributed by atoms with van der Waals surface area (Å²) >= 11 is 6.23. The van der Waals surface area contributed by atoms with E-state index in [0.29, 0.717) is 29.2 Å². The van der Waals surface area contributed by atoms with Gasteiger partial charge >= 0.3 is 0 Å². The van der Waals surface area contributed by atoms with E-state index in [1.807, 2.05) is 41.1 Å². The number of aryl methyl sites for hydroxylation is 1. The standard InChI is InChI=1S/C21H21ClN4O2/c1-15(27)24-17-7-8-19(22)18(13-17)21(28)25-20(16-5-3-2-4-6-16)9-11-26-12-10-23-14-26/h2-8,10,12-14,20H,9,11H2,1H3,(H,24,27)(H,25,28)/t20-/m1/s1. The molecule has 1 heterocycles. The fourth-order valence-electron chi connectivity index (χ4n) is 2.92. The highest BCUT2D eigenvalue weighted by Crippen LogP contribution is 2.23. The van der Waals surface area contributed by atoms with Gasteiger partial charge in [0.05, 0.1) is 23.0 Å². The maximum atomic E-state index is 12.9. The highest BCUT2D eigenvalue weighted by atomic mass is 35.5. The van der Waals surface area contributed by atoms with Crippen LogP contribution in [0.3, 0.4) is 0 Å². The Kier molecular flexibility index (Phi) is 6.45. The molecular weight excluding hydrogens is 376 g/mol. The van der Waals surface area contributed by atoms with E-state index in [2.05, 4.69) is 15.6 Å². The Hall–Kier alpha value is -3.12. The van der Waals surface area contributed by atoms with Crippen LogP contribution < -0.4 is 10.6 Å². The second-order valence-corrected chi connectivity index (χ2v) is 6.81. The van der Waals surface area contributed by atoms with Gasteiger partial charge in [-0.25, -0.2) is 4.98 Å². The molecule has 3 rings (SSSR count). The molecule has 0 bridgehead atoms. The molecule has 7 heteroatoms. The molecule has 0 aliphatic heterocycles. The summed E-state index contributed by atoms with van der Waals surface area (Å²) in [5.74, 6) is -0.507. The van der Waals surface area contributed by atoms with Gasteiger partial charge in [0, 0.05) is 31.5 Å². The second-order valence-electron chi connectivity index (χ2n) is 6.40. The quantitative estimate of drug-likeness (QED) is 0.632. The minimum atomic E-state index is -0.295. The molecule has 2 N–H and O–H groups in total. The highest BCUT2D eigenvalue weighted by Gasteiger charge is 2.18. The number of hydrogen-bond donors (Lipinski definition) is 2. The summed E-state index contributed by atoms with van der Waals surface area (Å²) in [5.41, 5.74) is 1.85. The number of nitrogens with zero attached hydrogens (tertiary/aromatic N) is 2. The van der Waals surface area contributed by atoms with Gasteiger partial charge in [-0.3, -0.25) is 9.59 Å². The molecule has 0 radical (unpaired) electrons. The van der Waals surface area contributed by atoms with Gasteiger partial charge in [0.1, 0.15) is 0 Å². The van der Waals surface area contributed by atoms with E-state index in [9.17, 15) is 9.59 Å². The minimum absolute atomic E-state index is 0.198. The van der Waals surface area contributed by atoms with Crippen molar-refractivity contribution in [1.29, 1.82) is 0 Å². The van der Waals surface area contributed by atoms with Crippen molar-refractivity contribution in [3.8, 4) is 0 Å². The van der Waals surface area contributed by atoms with E-state index < -0.39 is 0 Å². The molecule has 0 fully saturated rings. The molecule has 2 amide bonds. The maximum absolute atomic E-state index is 12.9. The van der Waals surface area contributed by atoms with E-state index in [1.54, 1.807) is 30.7 Å². The average molecular weight is 397 g/mol. The van der Waals surface area contributed by atoms with Crippen LogP contribution in [0.4, 0.5) is 5.69 Å². The largest absolute Gasteiger partial charge is 0.345 e. The molecule has 1 atom stereocenters. The number of anilines is 1. The number of benzene rings is 2. The Morgan fingerprint density at radius 1 is 1.18 bits per heavy atom. The fraction of sp³-hybridized carbons (Fsp3) is 0.190. The first-order valence-corrected chi connectivity index (χ1v) is 9.29. The van der Waals surface area contributed by atoms with Gasteiger partial charge in [-0.15, -0.1) is 0 Å². The molecule has 0 spiro atoms. The average Bonchev–Trinajstić information content (AvgIpc) is 3.20. The first-order chi connectivity index (χ1) is 13.5. The molecule has 0 saturated heterocycles. The van der Waals surface area contributed by atoms with Gasteiger partial charge < -0.3 is 15.2 Å². The fourth-order valence-corrected chi connectivity index (χ4v) is 3.12. The smallest absolute Gasteiger partial charge is 0.253 e. The van der Waals surface area contributed by atoms with Crippen LogP contribution in [0.2, 0.25) is 5.02 Å². The molecule has 2 aromatic carbocycles. The third-order valence-electron chi connectivity index (χ3n) is 4.27. The van der Waals surface area contributed by atoms with Gasteiger partial charge in [-0.05, 0) is 30.2 Å². The number of halogens is 1. The van der Waals surface area contributed by atoms with Gasteiger partial charge in [0.2, 0.25) is 5.91 Å². The van der Waals surface area contributed by atoms with Crippen molar-refractivity contribution in [2.75, 3.05) is 5.32 Å². The van der Waals surface area contributed by atoms with Crippen molar-refractivity contribution in [3.05, 3.63) is 83.4 Å². The van der Waals surface area contributed by atoms with Crippen molar-refractivity contribution in [2.45, 2.75) is 25.9 Å². The van der Waals surface area contributed by atoms with Crippen molar-refractivity contribution >= 4 is 29.1 Å². The van der Waals surface area contributed by atoms with Crippen molar-refractivity contribution in [3.63, 3.8) is 0 Å². The summed E-state index contributed by atoms with van der Waals surface area (Å²) in [5, 5.41) is 6.06. The van der Waals surface area contributed by atoms with E-state index in [0.717, 1.165) is 5.56 Å². The lowest BCUT2D eigenvalue weighted by atomic mass is 10.0. The maximum Gasteiger partial charge on any atom is 0.253 e. The van der Waals surface area contributed by atoms with Crippen molar-refractivity contribution < 1.29 is 9.59 Å². The summed E-state index contributed by atoms with van der Waals surface area (Å²) in [4.78, 5) is 28.3. The van der Waals surface area contributed by atoms with E-state index in [1.165, 1.54) is 6.92 Å². The second kappa shape index (κ2) is 9.19. The normalized spacial score (nSPS) is 11.6. The van der Waals surface area contributed by atoms with Gasteiger partial charge in [-0.1, -0.05) is 41.9 Å². The van der Waals surface area contributed by atoms with Crippen LogP contribution in [-0.4, -0.2) is 21.4 Å². The zero-order valence-corrected chi connectivity index (χ0v) is 16.2. The van der Waals surface area contributed by atoms with E-state index in [-0.39, 0.29) is 17.9 Å². The number of amides is 2. The van der Waals surface area contributed by atoms with Crippen LogP contribution in [-0.2, 0) is 11.3 Å². The van der Waals surface area contributed by atoms with Crippen LogP contribution in [0, 0.1) is 0 Å². The monoisotopic (exact) mass is 396 g/mol. The van der Waals surface area contributed by atoms with Crippen LogP contribution in [0.15, 0.2) is 67.3 Å². The first kappa shape index (κ1) is 19.6. The molecular formula is C21H21ClN4O2.